The quantitative estimate of drug-likeness (QED) is 0.454. The number of methoxy groups -OCH3 is 3. The van der Waals surface area contributed by atoms with Crippen LogP contribution in [0.3, 0.4) is 0 Å². The number of benzene rings is 2. The molecule has 2 aliphatic heterocycles. The Balaban J connectivity index is 1.61. The Hall–Kier alpha value is -4.51. The minimum Gasteiger partial charge on any atom is -0.497 e. The largest absolute Gasteiger partial charge is 0.497 e. The van der Waals surface area contributed by atoms with E-state index >= 15 is 0 Å². The van der Waals surface area contributed by atoms with Crippen LogP contribution < -0.4 is 35.5 Å². The van der Waals surface area contributed by atoms with Crippen LogP contribution in [-0.4, -0.2) is 47.6 Å². The lowest BCUT2D eigenvalue weighted by Gasteiger charge is -2.42. The summed E-state index contributed by atoms with van der Waals surface area (Å²) in [4.78, 5) is 55.7. The average Bonchev–Trinajstić information content (AvgIpc) is 3.31. The topological polar surface area (TPSA) is 127 Å². The van der Waals surface area contributed by atoms with Gasteiger partial charge < -0.3 is 24.3 Å². The number of fused-ring (bicyclic) bond motifs is 2. The van der Waals surface area contributed by atoms with Gasteiger partial charge in [0.1, 0.15) is 33.7 Å². The standard InChI is InChI=1S/C30H28ClN3O8/c1-13-11-16-20(25(35)30(13)26(36)21-17(40-5)12-18(41-6)23(31)24(21)42-30)19(14-7-9-15(39-4)10-8-14)22-27(32-16)33(2)29(38)34(3)28(22)37/h7-10,12-13,19,32H,11H2,1-6H3/t13-,19-,30+/m1/s1. The first-order valence-corrected chi connectivity index (χ1v) is 13.6. The monoisotopic (exact) mass is 593 g/mol. The zero-order valence-electron chi connectivity index (χ0n) is 23.8. The summed E-state index contributed by atoms with van der Waals surface area (Å²) in [6.45, 7) is 1.74. The molecule has 0 bridgehead atoms. The van der Waals surface area contributed by atoms with Crippen LogP contribution in [0.25, 0.3) is 0 Å². The van der Waals surface area contributed by atoms with E-state index < -0.39 is 40.3 Å². The third-order valence-corrected chi connectivity index (χ3v) is 8.88. The maximum absolute atomic E-state index is 14.8. The van der Waals surface area contributed by atoms with Crippen molar-refractivity contribution >= 4 is 29.0 Å². The number of nitrogens with zero attached hydrogens (tertiary/aromatic N) is 2. The van der Waals surface area contributed by atoms with Gasteiger partial charge in [-0.25, -0.2) is 4.79 Å². The van der Waals surface area contributed by atoms with Crippen LogP contribution in [0, 0.1) is 5.92 Å². The Bertz CT molecular complexity index is 1860. The number of hydrogen-bond acceptors (Lipinski definition) is 9. The van der Waals surface area contributed by atoms with Crippen molar-refractivity contribution in [1.29, 1.82) is 0 Å². The minimum absolute atomic E-state index is 0.00518. The number of rotatable bonds is 4. The number of Topliss-reactive ketones (excluding diaryl/α,β-unsaturated/α-hetero) is 2. The van der Waals surface area contributed by atoms with Gasteiger partial charge in [-0.15, -0.1) is 0 Å². The molecule has 1 aliphatic carbocycles. The summed E-state index contributed by atoms with van der Waals surface area (Å²) in [6.07, 6.45) is 0.202. The highest BCUT2D eigenvalue weighted by molar-refractivity contribution is 6.36. The second kappa shape index (κ2) is 9.52. The number of aromatic nitrogens is 2. The summed E-state index contributed by atoms with van der Waals surface area (Å²) in [5, 5.41) is 3.24. The summed E-state index contributed by atoms with van der Waals surface area (Å²) in [7, 11) is 7.29. The Morgan fingerprint density at radius 2 is 1.62 bits per heavy atom. The molecule has 2 aromatic carbocycles. The Kier molecular flexibility index (Phi) is 6.27. The summed E-state index contributed by atoms with van der Waals surface area (Å²) < 4.78 is 24.8. The molecule has 6 rings (SSSR count). The minimum atomic E-state index is -1.97. The van der Waals surface area contributed by atoms with E-state index in [1.165, 1.54) is 39.0 Å². The fourth-order valence-electron chi connectivity index (χ4n) is 6.32. The number of ketones is 2. The second-order valence-electron chi connectivity index (χ2n) is 10.6. The van der Waals surface area contributed by atoms with E-state index in [2.05, 4.69) is 5.32 Å². The van der Waals surface area contributed by atoms with Crippen molar-refractivity contribution in [2.75, 3.05) is 26.6 Å². The third kappa shape index (κ3) is 3.46. The van der Waals surface area contributed by atoms with E-state index in [-0.39, 0.29) is 51.2 Å². The number of anilines is 1. The van der Waals surface area contributed by atoms with E-state index in [0.29, 0.717) is 17.0 Å². The molecule has 0 saturated heterocycles. The van der Waals surface area contributed by atoms with Crippen LogP contribution >= 0.6 is 11.6 Å². The third-order valence-electron chi connectivity index (χ3n) is 8.53. The van der Waals surface area contributed by atoms with Crippen molar-refractivity contribution in [1.82, 2.24) is 9.13 Å². The Labute approximate surface area is 245 Å². The molecule has 1 N–H and O–H groups in total. The summed E-state index contributed by atoms with van der Waals surface area (Å²) in [5.74, 6) is -1.52. The van der Waals surface area contributed by atoms with E-state index in [4.69, 9.17) is 30.5 Å². The lowest BCUT2D eigenvalue weighted by Crippen LogP contribution is -2.58. The SMILES string of the molecule is COc1ccc([C@@H]2C3=C(C[C@@H](C)[C@]4(Oc5c(Cl)c(OC)cc(OC)c5C4=O)C3=O)Nc3c2c(=O)n(C)c(=O)n3C)cc1. The highest BCUT2D eigenvalue weighted by atomic mass is 35.5. The van der Waals surface area contributed by atoms with Gasteiger partial charge in [0.25, 0.3) is 5.56 Å². The molecule has 3 heterocycles. The molecule has 0 saturated carbocycles. The van der Waals surface area contributed by atoms with Crippen LogP contribution in [0.1, 0.15) is 40.7 Å². The first kappa shape index (κ1) is 27.6. The molecule has 3 atom stereocenters. The smallest absolute Gasteiger partial charge is 0.332 e. The van der Waals surface area contributed by atoms with E-state index in [1.807, 2.05) is 0 Å². The first-order valence-electron chi connectivity index (χ1n) is 13.2. The highest BCUT2D eigenvalue weighted by Crippen LogP contribution is 2.56. The number of nitrogens with one attached hydrogen (secondary N) is 1. The lowest BCUT2D eigenvalue weighted by molar-refractivity contribution is -0.130. The Morgan fingerprint density at radius 3 is 2.24 bits per heavy atom. The number of halogens is 1. The highest BCUT2D eigenvalue weighted by Gasteiger charge is 2.63. The van der Waals surface area contributed by atoms with Crippen molar-refractivity contribution in [3.63, 3.8) is 0 Å². The maximum Gasteiger partial charge on any atom is 0.332 e. The second-order valence-corrected chi connectivity index (χ2v) is 11.0. The molecule has 0 fully saturated rings. The molecule has 0 amide bonds. The molecule has 0 radical (unpaired) electrons. The number of hydrogen-bond donors (Lipinski definition) is 1. The summed E-state index contributed by atoms with van der Waals surface area (Å²) in [5.41, 5.74) is -1.51. The van der Waals surface area contributed by atoms with Gasteiger partial charge in [0.15, 0.2) is 5.75 Å². The van der Waals surface area contributed by atoms with E-state index in [0.717, 1.165) is 4.57 Å². The van der Waals surface area contributed by atoms with E-state index in [9.17, 15) is 19.2 Å². The van der Waals surface area contributed by atoms with Gasteiger partial charge in [-0.05, 0) is 24.1 Å². The zero-order chi connectivity index (χ0) is 30.2. The van der Waals surface area contributed by atoms with Gasteiger partial charge in [-0.1, -0.05) is 30.7 Å². The molecule has 1 spiro atoms. The van der Waals surface area contributed by atoms with Crippen LogP contribution in [0.5, 0.6) is 23.0 Å². The number of ether oxygens (including phenoxy) is 4. The molecule has 3 aliphatic rings. The fourth-order valence-corrected chi connectivity index (χ4v) is 6.58. The normalized spacial score (nSPS) is 22.3. The lowest BCUT2D eigenvalue weighted by atomic mass is 9.66. The predicted molar refractivity (Wildman–Crippen MR) is 153 cm³/mol. The average molecular weight is 594 g/mol. The zero-order valence-corrected chi connectivity index (χ0v) is 24.5. The molecular formula is C30H28ClN3O8. The molecule has 11 nitrogen and oxygen atoms in total. The van der Waals surface area contributed by atoms with Gasteiger partial charge in [0, 0.05) is 43.3 Å². The van der Waals surface area contributed by atoms with Gasteiger partial charge in [0.05, 0.1) is 26.9 Å². The predicted octanol–water partition coefficient (Wildman–Crippen LogP) is 3.20. The number of carbonyl (C=O) groups excluding carboxylic acids is 2. The van der Waals surface area contributed by atoms with Crippen molar-refractivity contribution in [2.45, 2.75) is 24.9 Å². The molecule has 218 valence electrons. The number of carbonyl (C=O) groups is 2. The number of allylic oxidation sites excluding steroid dienone is 1. The fraction of sp³-hybridized carbons (Fsp3) is 0.333. The summed E-state index contributed by atoms with van der Waals surface area (Å²) in [6, 6.07) is 8.43. The molecule has 1 aromatic heterocycles. The van der Waals surface area contributed by atoms with Crippen molar-refractivity contribution in [3.05, 3.63) is 84.2 Å². The van der Waals surface area contributed by atoms with Crippen molar-refractivity contribution in [2.24, 2.45) is 20.0 Å². The molecule has 42 heavy (non-hydrogen) atoms. The first-order chi connectivity index (χ1) is 20.0. The van der Waals surface area contributed by atoms with E-state index in [1.54, 1.807) is 38.2 Å². The van der Waals surface area contributed by atoms with Crippen LogP contribution in [0.15, 0.2) is 51.2 Å². The van der Waals surface area contributed by atoms with Gasteiger partial charge in [0.2, 0.25) is 17.2 Å². The van der Waals surface area contributed by atoms with Crippen LogP contribution in [0.4, 0.5) is 5.82 Å². The molecule has 3 aromatic rings. The van der Waals surface area contributed by atoms with Gasteiger partial charge in [-0.2, -0.15) is 0 Å². The van der Waals surface area contributed by atoms with Gasteiger partial charge >= 0.3 is 5.69 Å². The van der Waals surface area contributed by atoms with Crippen LogP contribution in [-0.2, 0) is 18.9 Å². The van der Waals surface area contributed by atoms with Crippen LogP contribution in [0.2, 0.25) is 5.02 Å². The van der Waals surface area contributed by atoms with Crippen molar-refractivity contribution in [3.8, 4) is 23.0 Å². The van der Waals surface area contributed by atoms with Crippen molar-refractivity contribution < 1.29 is 28.5 Å². The molecule has 12 heteroatoms. The molecular weight excluding hydrogens is 566 g/mol. The van der Waals surface area contributed by atoms with Gasteiger partial charge in [-0.3, -0.25) is 23.5 Å². The Morgan fingerprint density at radius 1 is 0.952 bits per heavy atom. The maximum atomic E-state index is 14.8. The summed E-state index contributed by atoms with van der Waals surface area (Å²) >= 11 is 6.59. The molecule has 0 unspecified atom stereocenters.